The molecule has 0 aromatic carbocycles. The number of alkyl halides is 3. The highest BCUT2D eigenvalue weighted by Gasteiger charge is 2.44. The molecule has 27 heavy (non-hydrogen) atoms. The third-order valence-corrected chi connectivity index (χ3v) is 5.52. The summed E-state index contributed by atoms with van der Waals surface area (Å²) in [5, 5.41) is 11.3. The number of carbonyl (C=O) groups excluding carboxylic acids is 1. The predicted molar refractivity (Wildman–Crippen MR) is 96.6 cm³/mol. The van der Waals surface area contributed by atoms with Crippen LogP contribution in [0, 0.1) is 5.92 Å². The van der Waals surface area contributed by atoms with E-state index in [1.807, 2.05) is 0 Å². The number of thiophene rings is 1. The molecule has 152 valence electrons. The minimum atomic E-state index is -5.08. The highest BCUT2D eigenvalue weighted by molar-refractivity contribution is 7.08. The van der Waals surface area contributed by atoms with E-state index in [0.29, 0.717) is 30.3 Å². The van der Waals surface area contributed by atoms with Crippen LogP contribution in [0.1, 0.15) is 32.3 Å². The Kier molecular flexibility index (Phi) is 7.27. The summed E-state index contributed by atoms with van der Waals surface area (Å²) in [6.45, 7) is 7.85. The molecule has 3 heterocycles. The Morgan fingerprint density at radius 3 is 2.41 bits per heavy atom. The lowest BCUT2D eigenvalue weighted by molar-refractivity contribution is -0.192. The fourth-order valence-corrected chi connectivity index (χ4v) is 4.42. The number of amides is 1. The first-order valence-corrected chi connectivity index (χ1v) is 9.88. The van der Waals surface area contributed by atoms with E-state index in [-0.39, 0.29) is 0 Å². The Morgan fingerprint density at radius 2 is 1.89 bits per heavy atom. The maximum Gasteiger partial charge on any atom is 0.490 e. The Bertz CT molecular complexity index is 634. The van der Waals surface area contributed by atoms with E-state index < -0.39 is 12.1 Å². The summed E-state index contributed by atoms with van der Waals surface area (Å²) < 4.78 is 31.7. The van der Waals surface area contributed by atoms with Crippen LogP contribution < -0.4 is 0 Å². The summed E-state index contributed by atoms with van der Waals surface area (Å²) in [4.78, 5) is 26.2. The number of fused-ring (bicyclic) bond motifs is 1. The van der Waals surface area contributed by atoms with Crippen LogP contribution in [-0.2, 0) is 16.0 Å². The van der Waals surface area contributed by atoms with Gasteiger partial charge in [0.25, 0.3) is 0 Å². The van der Waals surface area contributed by atoms with Gasteiger partial charge in [0.05, 0.1) is 6.42 Å². The quantitative estimate of drug-likeness (QED) is 0.834. The summed E-state index contributed by atoms with van der Waals surface area (Å²) in [6, 6.07) is 3.15. The van der Waals surface area contributed by atoms with Gasteiger partial charge in [-0.15, -0.1) is 0 Å². The number of hydrogen-bond acceptors (Lipinski definition) is 4. The number of carboxylic acid groups (broad SMARTS) is 1. The topological polar surface area (TPSA) is 60.9 Å². The second-order valence-electron chi connectivity index (χ2n) is 7.30. The molecule has 0 unspecified atom stereocenters. The zero-order valence-corrected chi connectivity index (χ0v) is 16.2. The fourth-order valence-electron chi connectivity index (χ4n) is 3.75. The smallest absolute Gasteiger partial charge is 0.475 e. The summed E-state index contributed by atoms with van der Waals surface area (Å²) in [7, 11) is 0. The van der Waals surface area contributed by atoms with Crippen LogP contribution in [0.3, 0.4) is 0 Å². The molecule has 2 aliphatic rings. The molecule has 1 amide bonds. The molecule has 0 saturated carbocycles. The zero-order chi connectivity index (χ0) is 20.2. The lowest BCUT2D eigenvalue weighted by atomic mass is 10.1. The van der Waals surface area contributed by atoms with Crippen molar-refractivity contribution in [2.24, 2.45) is 5.92 Å². The van der Waals surface area contributed by atoms with Gasteiger partial charge in [-0.05, 0) is 41.1 Å². The van der Waals surface area contributed by atoms with Gasteiger partial charge in [-0.2, -0.15) is 24.5 Å². The lowest BCUT2D eigenvalue weighted by Crippen LogP contribution is -2.41. The zero-order valence-electron chi connectivity index (χ0n) is 15.4. The Labute approximate surface area is 160 Å². The van der Waals surface area contributed by atoms with Gasteiger partial charge in [0.15, 0.2) is 0 Å². The maximum absolute atomic E-state index is 12.5. The van der Waals surface area contributed by atoms with E-state index in [0.717, 1.165) is 25.9 Å². The van der Waals surface area contributed by atoms with Crippen LogP contribution in [0.15, 0.2) is 16.8 Å². The highest BCUT2D eigenvalue weighted by atomic mass is 32.1. The van der Waals surface area contributed by atoms with Crippen LogP contribution in [0.4, 0.5) is 13.2 Å². The van der Waals surface area contributed by atoms with Crippen LogP contribution >= 0.6 is 11.3 Å². The van der Waals surface area contributed by atoms with Gasteiger partial charge in [0, 0.05) is 31.7 Å². The van der Waals surface area contributed by atoms with Crippen molar-refractivity contribution in [2.75, 3.05) is 19.6 Å². The van der Waals surface area contributed by atoms with E-state index in [9.17, 15) is 18.0 Å². The average Bonchev–Trinajstić information content (AvgIpc) is 3.25. The van der Waals surface area contributed by atoms with Crippen molar-refractivity contribution in [1.29, 1.82) is 0 Å². The van der Waals surface area contributed by atoms with Gasteiger partial charge < -0.3 is 10.0 Å². The maximum atomic E-state index is 12.5. The number of halogens is 3. The largest absolute Gasteiger partial charge is 0.490 e. The molecule has 3 rings (SSSR count). The molecule has 1 aromatic heterocycles. The number of likely N-dealkylation sites (tertiary alicyclic amines) is 2. The molecule has 0 aliphatic carbocycles. The Hall–Kier alpha value is -1.61. The molecule has 0 radical (unpaired) electrons. The molecular weight excluding hydrogens is 381 g/mol. The number of nitrogens with zero attached hydrogens (tertiary/aromatic N) is 2. The van der Waals surface area contributed by atoms with Gasteiger partial charge >= 0.3 is 12.1 Å². The van der Waals surface area contributed by atoms with E-state index >= 15 is 0 Å². The van der Waals surface area contributed by atoms with E-state index in [1.54, 1.807) is 11.3 Å². The molecule has 0 bridgehead atoms. The minimum Gasteiger partial charge on any atom is -0.475 e. The van der Waals surface area contributed by atoms with E-state index in [4.69, 9.17) is 9.90 Å². The van der Waals surface area contributed by atoms with Gasteiger partial charge in [-0.25, -0.2) is 4.79 Å². The van der Waals surface area contributed by atoms with Crippen molar-refractivity contribution in [3.8, 4) is 0 Å². The first-order chi connectivity index (χ1) is 12.6. The molecule has 9 heteroatoms. The molecule has 2 saturated heterocycles. The summed E-state index contributed by atoms with van der Waals surface area (Å²) in [6.07, 6.45) is -2.18. The Balaban J connectivity index is 0.000000321. The number of hydrogen-bond donors (Lipinski definition) is 1. The third kappa shape index (κ3) is 5.93. The molecule has 2 fully saturated rings. The van der Waals surface area contributed by atoms with Crippen molar-refractivity contribution >= 4 is 23.2 Å². The van der Waals surface area contributed by atoms with Gasteiger partial charge in [-0.1, -0.05) is 13.8 Å². The first kappa shape index (κ1) is 21.7. The summed E-state index contributed by atoms with van der Waals surface area (Å²) in [5.74, 6) is -1.72. The third-order valence-electron chi connectivity index (χ3n) is 4.79. The van der Waals surface area contributed by atoms with Gasteiger partial charge in [0.2, 0.25) is 5.91 Å². The van der Waals surface area contributed by atoms with Gasteiger partial charge in [-0.3, -0.25) is 9.69 Å². The fraction of sp³-hybridized carbons (Fsp3) is 0.667. The number of carboxylic acids is 1. The average molecular weight is 406 g/mol. The second-order valence-corrected chi connectivity index (χ2v) is 8.08. The van der Waals surface area contributed by atoms with Crippen LogP contribution in [0.25, 0.3) is 0 Å². The predicted octanol–water partition coefficient (Wildman–Crippen LogP) is 3.26. The first-order valence-electron chi connectivity index (χ1n) is 8.94. The molecule has 2 aliphatic heterocycles. The molecule has 1 aromatic rings. The van der Waals surface area contributed by atoms with Crippen molar-refractivity contribution in [3.05, 3.63) is 22.4 Å². The normalized spacial score (nSPS) is 22.5. The SMILES string of the molecule is CC(C)CN1CC[C@@H]2[C@@H]1CCN2C(=O)Cc1ccsc1.O=C(O)C(F)(F)F. The van der Waals surface area contributed by atoms with E-state index in [1.165, 1.54) is 12.1 Å². The van der Waals surface area contributed by atoms with Crippen molar-refractivity contribution < 1.29 is 27.9 Å². The number of carbonyl (C=O) groups is 2. The van der Waals surface area contributed by atoms with Crippen molar-refractivity contribution in [1.82, 2.24) is 9.80 Å². The second kappa shape index (κ2) is 9.05. The van der Waals surface area contributed by atoms with Crippen LogP contribution in [-0.4, -0.2) is 64.7 Å². The molecule has 0 spiro atoms. The Morgan fingerprint density at radius 1 is 1.26 bits per heavy atom. The molecule has 1 N–H and O–H groups in total. The van der Waals surface area contributed by atoms with Gasteiger partial charge in [0.1, 0.15) is 0 Å². The number of aliphatic carboxylic acids is 1. The lowest BCUT2D eigenvalue weighted by Gasteiger charge is -2.26. The molecule has 2 atom stereocenters. The summed E-state index contributed by atoms with van der Waals surface area (Å²) in [5.41, 5.74) is 1.17. The standard InChI is InChI=1S/C16H24N2OS.C2HF3O2/c1-12(2)10-17-6-3-15-14(17)4-7-18(15)16(19)9-13-5-8-20-11-13;3-2(4,5)1(6)7/h5,8,11-12,14-15H,3-4,6-7,9-10H2,1-2H3;(H,6,7)/t14-,15+;/m0./s1. The monoisotopic (exact) mass is 406 g/mol. The molecular formula is C18H25F3N2O3S. The number of rotatable bonds is 4. The van der Waals surface area contributed by atoms with Crippen LogP contribution in [0.5, 0.6) is 0 Å². The van der Waals surface area contributed by atoms with E-state index in [2.05, 4.69) is 40.5 Å². The summed E-state index contributed by atoms with van der Waals surface area (Å²) >= 11 is 1.67. The van der Waals surface area contributed by atoms with Crippen molar-refractivity contribution in [3.63, 3.8) is 0 Å². The molecule has 5 nitrogen and oxygen atoms in total. The van der Waals surface area contributed by atoms with Crippen LogP contribution in [0.2, 0.25) is 0 Å². The minimum absolute atomic E-state index is 0.322. The van der Waals surface area contributed by atoms with Crippen molar-refractivity contribution in [2.45, 2.75) is 51.4 Å². The highest BCUT2D eigenvalue weighted by Crippen LogP contribution is 2.32.